The number of pyridine rings is 1. The van der Waals surface area contributed by atoms with Crippen molar-refractivity contribution in [3.8, 4) is 16.9 Å². The molecule has 4 rings (SSSR count). The second kappa shape index (κ2) is 5.61. The first-order valence-corrected chi connectivity index (χ1v) is 7.55. The number of benzene rings is 1. The lowest BCUT2D eigenvalue weighted by Gasteiger charge is -2.09. The molecule has 0 N–H and O–H groups in total. The maximum absolute atomic E-state index is 4.63. The van der Waals surface area contributed by atoms with Crippen LogP contribution in [-0.4, -0.2) is 25.0 Å². The van der Waals surface area contributed by atoms with E-state index in [0.29, 0.717) is 0 Å². The largest absolute Gasteiger partial charge is 0.236 e. The standard InChI is InChI=1S/C18H15N5/c1-2-13-9-19-18(17-6-4-3-5-16(13)17)23-12-15(11-22-23)14-7-8-20-21-10-14/h3-12H,2H2,1H3. The third-order valence-corrected chi connectivity index (χ3v) is 3.95. The van der Waals surface area contributed by atoms with Crippen molar-refractivity contribution in [2.75, 3.05) is 0 Å². The maximum Gasteiger partial charge on any atom is 0.161 e. The van der Waals surface area contributed by atoms with Gasteiger partial charge in [0.15, 0.2) is 5.82 Å². The van der Waals surface area contributed by atoms with Crippen LogP contribution in [0.4, 0.5) is 0 Å². The molecule has 0 fully saturated rings. The lowest BCUT2D eigenvalue weighted by Crippen LogP contribution is -2.00. The number of aryl methyl sites for hydroxylation is 1. The number of aromatic nitrogens is 5. The molecule has 3 heterocycles. The fraction of sp³-hybridized carbons (Fsp3) is 0.111. The Labute approximate surface area is 133 Å². The topological polar surface area (TPSA) is 56.5 Å². The summed E-state index contributed by atoms with van der Waals surface area (Å²) in [6.07, 6.45) is 10.1. The minimum Gasteiger partial charge on any atom is -0.236 e. The summed E-state index contributed by atoms with van der Waals surface area (Å²) in [5, 5.41) is 14.5. The molecule has 0 aliphatic carbocycles. The molecule has 5 heteroatoms. The molecule has 0 bridgehead atoms. The van der Waals surface area contributed by atoms with Crippen LogP contribution in [0.15, 0.2) is 61.3 Å². The number of fused-ring (bicyclic) bond motifs is 1. The van der Waals surface area contributed by atoms with Gasteiger partial charge in [-0.05, 0) is 23.4 Å². The van der Waals surface area contributed by atoms with E-state index in [-0.39, 0.29) is 0 Å². The first-order chi connectivity index (χ1) is 11.4. The zero-order valence-electron chi connectivity index (χ0n) is 12.7. The third-order valence-electron chi connectivity index (χ3n) is 3.95. The van der Waals surface area contributed by atoms with Crippen LogP contribution in [-0.2, 0) is 6.42 Å². The van der Waals surface area contributed by atoms with Crippen LogP contribution in [0.2, 0.25) is 0 Å². The van der Waals surface area contributed by atoms with Crippen molar-refractivity contribution in [3.63, 3.8) is 0 Å². The summed E-state index contributed by atoms with van der Waals surface area (Å²) in [7, 11) is 0. The molecule has 5 nitrogen and oxygen atoms in total. The van der Waals surface area contributed by atoms with E-state index >= 15 is 0 Å². The van der Waals surface area contributed by atoms with Crippen molar-refractivity contribution in [1.82, 2.24) is 25.0 Å². The van der Waals surface area contributed by atoms with Gasteiger partial charge >= 0.3 is 0 Å². The summed E-state index contributed by atoms with van der Waals surface area (Å²) < 4.78 is 1.82. The number of hydrogen-bond acceptors (Lipinski definition) is 4. The summed E-state index contributed by atoms with van der Waals surface area (Å²) >= 11 is 0. The van der Waals surface area contributed by atoms with Gasteiger partial charge in [-0.25, -0.2) is 9.67 Å². The van der Waals surface area contributed by atoms with E-state index in [4.69, 9.17) is 0 Å². The highest BCUT2D eigenvalue weighted by Crippen LogP contribution is 2.25. The van der Waals surface area contributed by atoms with E-state index < -0.39 is 0 Å². The summed E-state index contributed by atoms with van der Waals surface area (Å²) in [6, 6.07) is 10.2. The van der Waals surface area contributed by atoms with Gasteiger partial charge in [-0.15, -0.1) is 0 Å². The van der Waals surface area contributed by atoms with Crippen molar-refractivity contribution in [2.45, 2.75) is 13.3 Å². The van der Waals surface area contributed by atoms with Gasteiger partial charge in [-0.2, -0.15) is 15.3 Å². The highest BCUT2D eigenvalue weighted by molar-refractivity contribution is 5.91. The smallest absolute Gasteiger partial charge is 0.161 e. The van der Waals surface area contributed by atoms with E-state index in [1.807, 2.05) is 35.4 Å². The fourth-order valence-corrected chi connectivity index (χ4v) is 2.75. The average molecular weight is 301 g/mol. The number of nitrogens with zero attached hydrogens (tertiary/aromatic N) is 5. The maximum atomic E-state index is 4.63. The van der Waals surface area contributed by atoms with Crippen LogP contribution in [0.1, 0.15) is 12.5 Å². The second-order valence-electron chi connectivity index (χ2n) is 5.31. The Morgan fingerprint density at radius 3 is 2.57 bits per heavy atom. The van der Waals surface area contributed by atoms with E-state index in [1.165, 1.54) is 10.9 Å². The molecule has 0 aliphatic rings. The number of rotatable bonds is 3. The minimum atomic E-state index is 0.839. The molecule has 1 aromatic carbocycles. The van der Waals surface area contributed by atoms with Crippen LogP contribution >= 0.6 is 0 Å². The molecule has 0 saturated heterocycles. The number of hydrogen-bond donors (Lipinski definition) is 0. The lowest BCUT2D eigenvalue weighted by atomic mass is 10.1. The Kier molecular flexibility index (Phi) is 3.31. The second-order valence-corrected chi connectivity index (χ2v) is 5.31. The van der Waals surface area contributed by atoms with Gasteiger partial charge in [0.1, 0.15) is 0 Å². The summed E-state index contributed by atoms with van der Waals surface area (Å²) in [5.74, 6) is 0.839. The lowest BCUT2D eigenvalue weighted by molar-refractivity contribution is 0.853. The Hall–Kier alpha value is -3.08. The first-order valence-electron chi connectivity index (χ1n) is 7.55. The SMILES string of the molecule is CCc1cnc(-n2cc(-c3ccnnc3)cn2)c2ccccc12. The van der Waals surface area contributed by atoms with E-state index in [9.17, 15) is 0 Å². The van der Waals surface area contributed by atoms with Gasteiger partial charge in [-0.1, -0.05) is 31.2 Å². The van der Waals surface area contributed by atoms with Gasteiger partial charge < -0.3 is 0 Å². The molecule has 0 saturated carbocycles. The predicted octanol–water partition coefficient (Wildman–Crippen LogP) is 3.44. The monoisotopic (exact) mass is 301 g/mol. The quantitative estimate of drug-likeness (QED) is 0.581. The molecular formula is C18H15N5. The van der Waals surface area contributed by atoms with Crippen LogP contribution in [0.5, 0.6) is 0 Å². The highest BCUT2D eigenvalue weighted by Gasteiger charge is 2.10. The molecule has 0 radical (unpaired) electrons. The zero-order valence-corrected chi connectivity index (χ0v) is 12.7. The third kappa shape index (κ3) is 2.36. The van der Waals surface area contributed by atoms with E-state index in [1.54, 1.807) is 12.4 Å². The van der Waals surface area contributed by atoms with Crippen LogP contribution < -0.4 is 0 Å². The molecule has 3 aromatic heterocycles. The van der Waals surface area contributed by atoms with Crippen LogP contribution in [0.3, 0.4) is 0 Å². The highest BCUT2D eigenvalue weighted by atomic mass is 15.3. The molecule has 0 atom stereocenters. The van der Waals surface area contributed by atoms with Crippen LogP contribution in [0, 0.1) is 0 Å². The molecule has 0 spiro atoms. The van der Waals surface area contributed by atoms with Gasteiger partial charge in [0.2, 0.25) is 0 Å². The predicted molar refractivity (Wildman–Crippen MR) is 89.3 cm³/mol. The Bertz CT molecular complexity index is 959. The Balaban J connectivity index is 1.86. The Morgan fingerprint density at radius 1 is 0.913 bits per heavy atom. The molecule has 0 unspecified atom stereocenters. The molecule has 0 aliphatic heterocycles. The van der Waals surface area contributed by atoms with Gasteiger partial charge in [0.05, 0.1) is 18.6 Å². The van der Waals surface area contributed by atoms with Crippen molar-refractivity contribution in [1.29, 1.82) is 0 Å². The van der Waals surface area contributed by atoms with Crippen molar-refractivity contribution < 1.29 is 0 Å². The average Bonchev–Trinajstić information content (AvgIpc) is 3.11. The molecule has 112 valence electrons. The zero-order chi connectivity index (χ0) is 15.6. The summed E-state index contributed by atoms with van der Waals surface area (Å²) in [5.41, 5.74) is 3.22. The van der Waals surface area contributed by atoms with Crippen molar-refractivity contribution in [2.24, 2.45) is 0 Å². The summed E-state index contributed by atoms with van der Waals surface area (Å²) in [4.78, 5) is 4.63. The minimum absolute atomic E-state index is 0.839. The first kappa shape index (κ1) is 13.6. The van der Waals surface area contributed by atoms with Gasteiger partial charge in [-0.3, -0.25) is 0 Å². The molecule has 4 aromatic rings. The van der Waals surface area contributed by atoms with Crippen LogP contribution in [0.25, 0.3) is 27.7 Å². The molecule has 23 heavy (non-hydrogen) atoms. The summed E-state index contributed by atoms with van der Waals surface area (Å²) in [6.45, 7) is 2.14. The van der Waals surface area contributed by atoms with Crippen molar-refractivity contribution >= 4 is 10.8 Å². The van der Waals surface area contributed by atoms with Gasteiger partial charge in [0.25, 0.3) is 0 Å². The van der Waals surface area contributed by atoms with E-state index in [2.05, 4.69) is 45.4 Å². The molecular weight excluding hydrogens is 286 g/mol. The fourth-order valence-electron chi connectivity index (χ4n) is 2.75. The van der Waals surface area contributed by atoms with Gasteiger partial charge in [0, 0.05) is 28.9 Å². The van der Waals surface area contributed by atoms with Crippen molar-refractivity contribution in [3.05, 3.63) is 66.9 Å². The Morgan fingerprint density at radius 2 is 1.78 bits per heavy atom. The molecule has 0 amide bonds. The van der Waals surface area contributed by atoms with E-state index in [0.717, 1.165) is 28.8 Å². The normalized spacial score (nSPS) is 11.0.